The standard InChI is InChI=1S/C14H20N2O3/c1-2-14(19)8-16(9-14)13(18)12(15)7-10-3-5-11(17)6-4-10/h3-6,12,17,19H,2,7-9,15H2,1H3/t12-/m1/s1. The molecule has 0 aromatic heterocycles. The van der Waals surface area contributed by atoms with Crippen LogP contribution in [-0.2, 0) is 11.2 Å². The first kappa shape index (κ1) is 13.8. The number of hydrogen-bond donors (Lipinski definition) is 3. The van der Waals surface area contributed by atoms with E-state index < -0.39 is 11.6 Å². The van der Waals surface area contributed by atoms with Crippen LogP contribution in [-0.4, -0.2) is 45.8 Å². The summed E-state index contributed by atoms with van der Waals surface area (Å²) in [6, 6.07) is 6.05. The van der Waals surface area contributed by atoms with Crippen LogP contribution in [0.5, 0.6) is 5.75 Å². The highest BCUT2D eigenvalue weighted by molar-refractivity contribution is 5.83. The summed E-state index contributed by atoms with van der Waals surface area (Å²) in [6.07, 6.45) is 1.07. The highest BCUT2D eigenvalue weighted by Gasteiger charge is 2.43. The van der Waals surface area contributed by atoms with Gasteiger partial charge < -0.3 is 20.8 Å². The number of rotatable bonds is 4. The lowest BCUT2D eigenvalue weighted by atomic mass is 9.90. The van der Waals surface area contributed by atoms with E-state index in [1.807, 2.05) is 6.92 Å². The maximum absolute atomic E-state index is 12.0. The molecule has 0 spiro atoms. The number of likely N-dealkylation sites (tertiary alicyclic amines) is 1. The number of aliphatic hydroxyl groups is 1. The lowest BCUT2D eigenvalue weighted by Gasteiger charge is -2.46. The fourth-order valence-corrected chi connectivity index (χ4v) is 2.25. The van der Waals surface area contributed by atoms with Gasteiger partial charge in [-0.15, -0.1) is 0 Å². The Labute approximate surface area is 112 Å². The number of β-amino-alcohol motifs (C(OH)–C–C–N with tert-alkyl or cyclic N) is 1. The number of aromatic hydroxyl groups is 1. The smallest absolute Gasteiger partial charge is 0.240 e. The van der Waals surface area contributed by atoms with E-state index in [4.69, 9.17) is 5.73 Å². The Balaban J connectivity index is 1.88. The van der Waals surface area contributed by atoms with Crippen LogP contribution in [0.3, 0.4) is 0 Å². The Morgan fingerprint density at radius 3 is 2.53 bits per heavy atom. The molecular weight excluding hydrogens is 244 g/mol. The quantitative estimate of drug-likeness (QED) is 0.727. The van der Waals surface area contributed by atoms with Crippen molar-refractivity contribution in [3.63, 3.8) is 0 Å². The molecule has 2 rings (SSSR count). The predicted molar refractivity (Wildman–Crippen MR) is 71.6 cm³/mol. The molecule has 4 N–H and O–H groups in total. The SMILES string of the molecule is CCC1(O)CN(C(=O)[C@H](N)Cc2ccc(O)cc2)C1. The van der Waals surface area contributed by atoms with Crippen molar-refractivity contribution < 1.29 is 15.0 Å². The molecule has 0 radical (unpaired) electrons. The zero-order valence-electron chi connectivity index (χ0n) is 11.0. The number of phenols is 1. The molecule has 0 aliphatic carbocycles. The largest absolute Gasteiger partial charge is 0.508 e. The van der Waals surface area contributed by atoms with E-state index in [0.29, 0.717) is 25.9 Å². The van der Waals surface area contributed by atoms with Gasteiger partial charge in [-0.3, -0.25) is 4.79 Å². The van der Waals surface area contributed by atoms with Crippen molar-refractivity contribution in [3.05, 3.63) is 29.8 Å². The number of hydrogen-bond acceptors (Lipinski definition) is 4. The summed E-state index contributed by atoms with van der Waals surface area (Å²) in [7, 11) is 0. The van der Waals surface area contributed by atoms with Crippen molar-refractivity contribution in [2.45, 2.75) is 31.4 Å². The number of benzene rings is 1. The van der Waals surface area contributed by atoms with Gasteiger partial charge in [-0.2, -0.15) is 0 Å². The average molecular weight is 264 g/mol. The van der Waals surface area contributed by atoms with E-state index in [-0.39, 0.29) is 11.7 Å². The van der Waals surface area contributed by atoms with Gasteiger partial charge in [0.15, 0.2) is 0 Å². The van der Waals surface area contributed by atoms with E-state index in [9.17, 15) is 15.0 Å². The minimum absolute atomic E-state index is 0.133. The van der Waals surface area contributed by atoms with Crippen LogP contribution >= 0.6 is 0 Å². The number of nitrogens with two attached hydrogens (primary N) is 1. The Morgan fingerprint density at radius 1 is 1.42 bits per heavy atom. The Morgan fingerprint density at radius 2 is 2.00 bits per heavy atom. The van der Waals surface area contributed by atoms with Gasteiger partial charge in [0.1, 0.15) is 5.75 Å². The summed E-state index contributed by atoms with van der Waals surface area (Å²) in [6.45, 7) is 2.63. The number of carbonyl (C=O) groups is 1. The average Bonchev–Trinajstić information content (AvgIpc) is 2.37. The second-order valence-electron chi connectivity index (χ2n) is 5.25. The van der Waals surface area contributed by atoms with Crippen molar-refractivity contribution in [1.29, 1.82) is 0 Å². The van der Waals surface area contributed by atoms with Crippen LogP contribution in [0.4, 0.5) is 0 Å². The molecule has 1 fully saturated rings. The molecule has 5 heteroatoms. The maximum atomic E-state index is 12.0. The molecule has 1 aromatic carbocycles. The summed E-state index contributed by atoms with van der Waals surface area (Å²) in [5, 5.41) is 19.1. The Hall–Kier alpha value is -1.59. The van der Waals surface area contributed by atoms with E-state index in [0.717, 1.165) is 5.56 Å². The minimum Gasteiger partial charge on any atom is -0.508 e. The third-order valence-electron chi connectivity index (χ3n) is 3.65. The van der Waals surface area contributed by atoms with E-state index >= 15 is 0 Å². The monoisotopic (exact) mass is 264 g/mol. The zero-order chi connectivity index (χ0) is 14.0. The summed E-state index contributed by atoms with van der Waals surface area (Å²) >= 11 is 0. The second kappa shape index (κ2) is 5.19. The molecule has 104 valence electrons. The molecule has 1 aromatic rings. The fraction of sp³-hybridized carbons (Fsp3) is 0.500. The van der Waals surface area contributed by atoms with Crippen molar-refractivity contribution in [1.82, 2.24) is 4.90 Å². The summed E-state index contributed by atoms with van der Waals surface area (Å²) in [4.78, 5) is 13.6. The molecule has 1 atom stereocenters. The summed E-state index contributed by atoms with van der Waals surface area (Å²) in [5.74, 6) is 0.0607. The number of phenolic OH excluding ortho intramolecular Hbond substituents is 1. The molecule has 1 aliphatic rings. The van der Waals surface area contributed by atoms with Gasteiger partial charge in [0.2, 0.25) is 5.91 Å². The predicted octanol–water partition coefficient (Wildman–Crippen LogP) is 0.245. The van der Waals surface area contributed by atoms with Crippen LogP contribution in [0.2, 0.25) is 0 Å². The van der Waals surface area contributed by atoms with Crippen molar-refractivity contribution in [2.24, 2.45) is 5.73 Å². The zero-order valence-corrected chi connectivity index (χ0v) is 11.0. The van der Waals surface area contributed by atoms with Crippen LogP contribution in [0.15, 0.2) is 24.3 Å². The second-order valence-corrected chi connectivity index (χ2v) is 5.25. The van der Waals surface area contributed by atoms with Gasteiger partial charge in [-0.25, -0.2) is 0 Å². The van der Waals surface area contributed by atoms with Gasteiger partial charge >= 0.3 is 0 Å². The third kappa shape index (κ3) is 3.05. The van der Waals surface area contributed by atoms with Crippen LogP contribution in [0.1, 0.15) is 18.9 Å². The van der Waals surface area contributed by atoms with Crippen LogP contribution < -0.4 is 5.73 Å². The van der Waals surface area contributed by atoms with Crippen LogP contribution in [0, 0.1) is 0 Å². The minimum atomic E-state index is -0.728. The van der Waals surface area contributed by atoms with Crippen molar-refractivity contribution >= 4 is 5.91 Å². The first-order valence-corrected chi connectivity index (χ1v) is 6.48. The highest BCUT2D eigenvalue weighted by atomic mass is 16.3. The van der Waals surface area contributed by atoms with Gasteiger partial charge in [0.25, 0.3) is 0 Å². The summed E-state index contributed by atoms with van der Waals surface area (Å²) < 4.78 is 0. The molecule has 0 unspecified atom stereocenters. The fourth-order valence-electron chi connectivity index (χ4n) is 2.25. The van der Waals surface area contributed by atoms with Gasteiger partial charge in [0.05, 0.1) is 24.7 Å². The van der Waals surface area contributed by atoms with E-state index in [1.54, 1.807) is 29.2 Å². The first-order valence-electron chi connectivity index (χ1n) is 6.48. The van der Waals surface area contributed by atoms with Gasteiger partial charge in [0, 0.05) is 0 Å². The first-order chi connectivity index (χ1) is 8.93. The van der Waals surface area contributed by atoms with E-state index in [1.165, 1.54) is 0 Å². The molecule has 1 heterocycles. The van der Waals surface area contributed by atoms with E-state index in [2.05, 4.69) is 0 Å². The third-order valence-corrected chi connectivity index (χ3v) is 3.65. The Kier molecular flexibility index (Phi) is 3.78. The van der Waals surface area contributed by atoms with Crippen molar-refractivity contribution in [2.75, 3.05) is 13.1 Å². The molecule has 0 bridgehead atoms. The lowest BCUT2D eigenvalue weighted by molar-refractivity contribution is -0.157. The molecular formula is C14H20N2O3. The normalized spacial score (nSPS) is 18.8. The van der Waals surface area contributed by atoms with Gasteiger partial charge in [-0.05, 0) is 30.5 Å². The molecule has 0 saturated carbocycles. The topological polar surface area (TPSA) is 86.8 Å². The molecule has 19 heavy (non-hydrogen) atoms. The number of amides is 1. The molecule has 1 saturated heterocycles. The molecule has 1 aliphatic heterocycles. The van der Waals surface area contributed by atoms with Crippen molar-refractivity contribution in [3.8, 4) is 5.75 Å². The highest BCUT2D eigenvalue weighted by Crippen LogP contribution is 2.24. The summed E-state index contributed by atoms with van der Waals surface area (Å²) in [5.41, 5.74) is 6.07. The Bertz CT molecular complexity index is 452. The number of nitrogens with zero attached hydrogens (tertiary/aromatic N) is 1. The maximum Gasteiger partial charge on any atom is 0.240 e. The molecule has 1 amide bonds. The number of carbonyl (C=O) groups excluding carboxylic acids is 1. The molecule has 5 nitrogen and oxygen atoms in total. The van der Waals surface area contributed by atoms with Gasteiger partial charge in [-0.1, -0.05) is 19.1 Å². The van der Waals surface area contributed by atoms with Crippen LogP contribution in [0.25, 0.3) is 0 Å². The lowest BCUT2D eigenvalue weighted by Crippen LogP contribution is -2.65.